The van der Waals surface area contributed by atoms with Gasteiger partial charge in [-0.2, -0.15) is 0 Å². The third-order valence-corrected chi connectivity index (χ3v) is 13.1. The minimum absolute atomic E-state index is 0. The number of aliphatic hydroxyl groups excluding tert-OH is 5. The van der Waals surface area contributed by atoms with E-state index in [0.717, 1.165) is 25.7 Å². The molecule has 4 aliphatic carbocycles. The van der Waals surface area contributed by atoms with Crippen LogP contribution in [0.5, 0.6) is 0 Å². The average Bonchev–Trinajstić information content (AvgIpc) is 3.21. The van der Waals surface area contributed by atoms with Crippen LogP contribution in [0.1, 0.15) is 79.6 Å². The molecule has 13 heteroatoms. The number of allylic oxidation sites excluding steroid dienone is 1. The fourth-order valence-electron chi connectivity index (χ4n) is 10.3. The number of aliphatic hydroxyl groups is 5. The number of rotatable bonds is 8. The smallest absolute Gasteiger partial charge is 0.726 e. The Morgan fingerprint density at radius 1 is 0.889 bits per heavy atom. The molecule has 4 saturated carbocycles. The normalized spacial score (nSPS) is 48.3. The van der Waals surface area contributed by atoms with E-state index in [1.165, 1.54) is 0 Å². The first-order valence-electron chi connectivity index (χ1n) is 16.5. The Hall–Kier alpha value is 0.330. The van der Waals surface area contributed by atoms with E-state index in [1.54, 1.807) is 0 Å². The molecule has 0 spiro atoms. The summed E-state index contributed by atoms with van der Waals surface area (Å²) >= 11 is 0. The Labute approximate surface area is 290 Å². The summed E-state index contributed by atoms with van der Waals surface area (Å²) in [6.45, 7) is 10.2. The number of hydrogen-bond donors (Lipinski definition) is 5. The average molecular weight is 669 g/mol. The molecular formula is C32H53NaO11S. The van der Waals surface area contributed by atoms with Crippen LogP contribution in [-0.4, -0.2) is 94.1 Å². The van der Waals surface area contributed by atoms with Gasteiger partial charge < -0.3 is 39.6 Å². The van der Waals surface area contributed by atoms with Crippen LogP contribution in [0.4, 0.5) is 0 Å². The van der Waals surface area contributed by atoms with Crippen molar-refractivity contribution in [3.05, 3.63) is 12.2 Å². The van der Waals surface area contributed by atoms with Crippen molar-refractivity contribution in [2.75, 3.05) is 6.61 Å². The van der Waals surface area contributed by atoms with Crippen LogP contribution in [0.2, 0.25) is 0 Å². The van der Waals surface area contributed by atoms with E-state index < -0.39 is 59.9 Å². The maximum absolute atomic E-state index is 11.6. The van der Waals surface area contributed by atoms with Crippen molar-refractivity contribution in [1.29, 1.82) is 0 Å². The number of fused-ring (bicyclic) bond motifs is 5. The fourth-order valence-corrected chi connectivity index (χ4v) is 10.8. The Morgan fingerprint density at radius 2 is 1.56 bits per heavy atom. The SMILES string of the molecule is CC(C)C(/C=C/[C@@H](C)[C@H]1C[C@H](O)C2C3C[C@H](O)C4C[C@@H](O)CC[C@]4(C)C3CC[C@@]21C)OC1OCC(OS(=O)(=O)[O-])C(O)C1O.[Na+]. The molecule has 45 heavy (non-hydrogen) atoms. The van der Waals surface area contributed by atoms with E-state index in [-0.39, 0.29) is 82.0 Å². The largest absolute Gasteiger partial charge is 1.00 e. The van der Waals surface area contributed by atoms with Gasteiger partial charge in [0.25, 0.3) is 0 Å². The molecule has 0 bridgehead atoms. The third-order valence-electron chi connectivity index (χ3n) is 12.6. The molecule has 16 atom stereocenters. The van der Waals surface area contributed by atoms with E-state index in [1.807, 2.05) is 19.9 Å². The molecule has 11 nitrogen and oxygen atoms in total. The van der Waals surface area contributed by atoms with E-state index in [9.17, 15) is 38.5 Å². The molecule has 1 saturated heterocycles. The quantitative estimate of drug-likeness (QED) is 0.0935. The minimum Gasteiger partial charge on any atom is -0.726 e. The van der Waals surface area contributed by atoms with E-state index in [2.05, 4.69) is 31.0 Å². The van der Waals surface area contributed by atoms with Crippen molar-refractivity contribution in [3.8, 4) is 0 Å². The summed E-state index contributed by atoms with van der Waals surface area (Å²) in [5, 5.41) is 54.1. The van der Waals surface area contributed by atoms with Gasteiger partial charge in [0.05, 0.1) is 31.0 Å². The molecule has 5 fully saturated rings. The van der Waals surface area contributed by atoms with Gasteiger partial charge in [-0.25, -0.2) is 8.42 Å². The first kappa shape index (κ1) is 38.1. The van der Waals surface area contributed by atoms with Crippen LogP contribution in [-0.2, 0) is 24.1 Å². The predicted octanol–water partition coefficient (Wildman–Crippen LogP) is -0.891. The Bertz CT molecular complexity index is 1150. The maximum atomic E-state index is 11.6. The molecule has 0 aromatic rings. The molecule has 1 heterocycles. The molecule has 0 radical (unpaired) electrons. The van der Waals surface area contributed by atoms with Gasteiger partial charge in [0, 0.05) is 0 Å². The molecule has 5 N–H and O–H groups in total. The van der Waals surface area contributed by atoms with Gasteiger partial charge in [0.1, 0.15) is 18.3 Å². The summed E-state index contributed by atoms with van der Waals surface area (Å²) in [4.78, 5) is 0. The van der Waals surface area contributed by atoms with Crippen LogP contribution in [0, 0.1) is 52.3 Å². The number of ether oxygens (including phenoxy) is 2. The van der Waals surface area contributed by atoms with Crippen molar-refractivity contribution >= 4 is 10.4 Å². The second-order valence-corrected chi connectivity index (χ2v) is 16.4. The first-order valence-corrected chi connectivity index (χ1v) is 17.8. The molecule has 0 aromatic carbocycles. The maximum Gasteiger partial charge on any atom is 1.00 e. The van der Waals surface area contributed by atoms with Gasteiger partial charge in [0.15, 0.2) is 6.29 Å². The summed E-state index contributed by atoms with van der Waals surface area (Å²) in [6.07, 6.45) is 1.96. The zero-order valence-electron chi connectivity index (χ0n) is 27.6. The van der Waals surface area contributed by atoms with Crippen molar-refractivity contribution < 1.29 is 81.7 Å². The molecule has 9 unspecified atom stereocenters. The zero-order valence-corrected chi connectivity index (χ0v) is 30.4. The molecule has 5 aliphatic rings. The molecule has 0 amide bonds. The molecule has 5 rings (SSSR count). The van der Waals surface area contributed by atoms with Gasteiger partial charge in [-0.05, 0) is 97.2 Å². The Kier molecular flexibility index (Phi) is 12.1. The van der Waals surface area contributed by atoms with Crippen LogP contribution in [0.25, 0.3) is 0 Å². The van der Waals surface area contributed by atoms with Gasteiger partial charge in [0.2, 0.25) is 10.4 Å². The van der Waals surface area contributed by atoms with Crippen molar-refractivity contribution in [2.45, 2.75) is 129 Å². The summed E-state index contributed by atoms with van der Waals surface area (Å²) in [6, 6.07) is 0. The van der Waals surface area contributed by atoms with Crippen LogP contribution in [0.3, 0.4) is 0 Å². The summed E-state index contributed by atoms with van der Waals surface area (Å²) in [7, 11) is -5.09. The summed E-state index contributed by atoms with van der Waals surface area (Å²) in [5.41, 5.74) is -0.123. The van der Waals surface area contributed by atoms with Crippen molar-refractivity contribution in [2.24, 2.45) is 52.3 Å². The van der Waals surface area contributed by atoms with Gasteiger partial charge >= 0.3 is 29.6 Å². The van der Waals surface area contributed by atoms with Crippen LogP contribution < -0.4 is 29.6 Å². The van der Waals surface area contributed by atoms with Crippen LogP contribution in [0.15, 0.2) is 12.2 Å². The summed E-state index contributed by atoms with van der Waals surface area (Å²) in [5.74, 6) is 1.16. The first-order chi connectivity index (χ1) is 20.5. The second-order valence-electron chi connectivity index (χ2n) is 15.4. The standard InChI is InChI=1S/C32H54O11S.Na/c1-16(2)25(42-30-29(37)28(36)26(15-41-30)43-44(38,39)40)7-6-17(3)21-14-24(35)27-19-13-23(34)22-12-18(33)8-10-31(22,4)20(19)9-11-32(21,27)5;/h6-7,16-30,33-37H,8-15H2,1-5H3,(H,38,39,40);/q;+1/p-1/b7-6+;/t17-,18+,19?,20?,21-,22?,23+,24+,25?,26?,27?,28?,29?,30?,31-,32-;/m1./s1. The molecule has 1 aliphatic heterocycles. The third kappa shape index (κ3) is 7.44. The Balaban J connectivity index is 0.00000461. The Morgan fingerprint density at radius 3 is 2.20 bits per heavy atom. The van der Waals surface area contributed by atoms with E-state index in [0.29, 0.717) is 25.2 Å². The summed E-state index contributed by atoms with van der Waals surface area (Å²) < 4.78 is 48.6. The van der Waals surface area contributed by atoms with Crippen molar-refractivity contribution in [1.82, 2.24) is 0 Å². The van der Waals surface area contributed by atoms with E-state index >= 15 is 0 Å². The minimum atomic E-state index is -5.09. The zero-order chi connectivity index (χ0) is 32.4. The van der Waals surface area contributed by atoms with E-state index in [4.69, 9.17) is 9.47 Å². The molecular weight excluding hydrogens is 615 g/mol. The monoisotopic (exact) mass is 668 g/mol. The van der Waals surface area contributed by atoms with Crippen LogP contribution >= 0.6 is 0 Å². The van der Waals surface area contributed by atoms with Crippen molar-refractivity contribution in [3.63, 3.8) is 0 Å². The second kappa shape index (κ2) is 14.3. The molecule has 0 aromatic heterocycles. The van der Waals surface area contributed by atoms with Gasteiger partial charge in [-0.3, -0.25) is 4.18 Å². The topological polar surface area (TPSA) is 186 Å². The molecule has 254 valence electrons. The number of hydrogen-bond acceptors (Lipinski definition) is 11. The van der Waals surface area contributed by atoms with Gasteiger partial charge in [-0.1, -0.05) is 46.8 Å². The van der Waals surface area contributed by atoms with Gasteiger partial charge in [-0.15, -0.1) is 0 Å². The predicted molar refractivity (Wildman–Crippen MR) is 158 cm³/mol. The fraction of sp³-hybridized carbons (Fsp3) is 0.938.